The third kappa shape index (κ3) is 13.3. The minimum absolute atomic E-state index is 0.0137. The molecule has 370 valence electrons. The van der Waals surface area contributed by atoms with Gasteiger partial charge < -0.3 is 40.5 Å². The van der Waals surface area contributed by atoms with Crippen molar-refractivity contribution in [3.05, 3.63) is 131 Å². The molecule has 14 nitrogen and oxygen atoms in total. The standard InChI is InChI=1S/C54H63ClN6O8S/c1-35-50(70-34-57-35)40-7-5-36(6-8-40)32-56-52(67)46-31-43(64)33-61(46)53(68)51(54(2,3)4)58-47(65)21-22-48(66)60-27-25-59(26-28-60)29-30-69-44-19-13-39(14-20-44)49(38-11-17-42(63)18-12-38)45(23-24-55)37-9-15-41(62)16-10-37/h5-20,34,43,46,51,62-64H,21-33H2,1-4H3,(H,56,67)(H,58,65)/t43-,46+,51-/m1/s1. The molecule has 4 amide bonds. The SMILES string of the molecule is Cc1ncsc1-c1ccc(CNC(=O)[C@@H]2C[C@@H](O)CN2C(=O)[C@@H](NC(=O)CCC(=O)N2CCN(CCOc3ccc(C(=C(CCCl)c4ccc(O)cc4)c4ccc(O)cc4)cc3)CC2)C(C)(C)C)cc1. The number of carbonyl (C=O) groups excluding carboxylic acids is 4. The minimum atomic E-state index is -0.993. The number of phenolic OH excluding ortho intramolecular Hbond substituents is 2. The molecule has 2 aliphatic heterocycles. The molecule has 3 heterocycles. The number of thiazole rings is 1. The molecular weight excluding hydrogens is 928 g/mol. The number of benzene rings is 4. The van der Waals surface area contributed by atoms with Gasteiger partial charge in [-0.25, -0.2) is 4.98 Å². The maximum Gasteiger partial charge on any atom is 0.246 e. The van der Waals surface area contributed by atoms with Crippen LogP contribution < -0.4 is 15.4 Å². The summed E-state index contributed by atoms with van der Waals surface area (Å²) in [7, 11) is 0. The number of likely N-dealkylation sites (tertiary alicyclic amines) is 1. The Bertz CT molecular complexity index is 2610. The van der Waals surface area contributed by atoms with Crippen LogP contribution in [0.4, 0.5) is 0 Å². The molecule has 2 aliphatic rings. The van der Waals surface area contributed by atoms with Gasteiger partial charge in [-0.3, -0.25) is 24.1 Å². The number of hydrogen-bond donors (Lipinski definition) is 5. The lowest BCUT2D eigenvalue weighted by molar-refractivity contribution is -0.144. The van der Waals surface area contributed by atoms with E-state index >= 15 is 0 Å². The monoisotopic (exact) mass is 990 g/mol. The smallest absolute Gasteiger partial charge is 0.246 e. The average Bonchev–Trinajstić information content (AvgIpc) is 3.97. The molecule has 0 aliphatic carbocycles. The highest BCUT2D eigenvalue weighted by Gasteiger charge is 2.44. The molecule has 1 aromatic heterocycles. The number of alkyl halides is 1. The Labute approximate surface area is 418 Å². The first-order valence-electron chi connectivity index (χ1n) is 23.7. The second-order valence-corrected chi connectivity index (χ2v) is 20.2. The normalized spacial score (nSPS) is 17.2. The predicted molar refractivity (Wildman–Crippen MR) is 273 cm³/mol. The van der Waals surface area contributed by atoms with Crippen molar-refractivity contribution in [1.82, 2.24) is 30.3 Å². The number of β-amino-alcohol motifs (C(OH)–C–C–N with tert-alkyl or cyclic N) is 1. The number of nitrogens with one attached hydrogen (secondary N) is 2. The topological polar surface area (TPSA) is 185 Å². The fourth-order valence-corrected chi connectivity index (χ4v) is 9.94. The highest BCUT2D eigenvalue weighted by molar-refractivity contribution is 7.13. The Morgan fingerprint density at radius 1 is 0.829 bits per heavy atom. The number of ether oxygens (including phenoxy) is 1. The molecule has 2 fully saturated rings. The summed E-state index contributed by atoms with van der Waals surface area (Å²) in [6.45, 7) is 11.1. The molecule has 0 bridgehead atoms. The van der Waals surface area contributed by atoms with E-state index < -0.39 is 35.4 Å². The van der Waals surface area contributed by atoms with Crippen LogP contribution in [0.1, 0.15) is 74.4 Å². The summed E-state index contributed by atoms with van der Waals surface area (Å²) in [4.78, 5) is 65.1. The lowest BCUT2D eigenvalue weighted by Crippen LogP contribution is -2.57. The average molecular weight is 992 g/mol. The predicted octanol–water partition coefficient (Wildman–Crippen LogP) is 7.23. The van der Waals surface area contributed by atoms with Crippen molar-refractivity contribution >= 4 is 57.7 Å². The van der Waals surface area contributed by atoms with Crippen LogP contribution in [0.5, 0.6) is 17.2 Å². The Balaban J connectivity index is 0.861. The first-order chi connectivity index (χ1) is 33.6. The fourth-order valence-electron chi connectivity index (χ4n) is 8.94. The second-order valence-electron chi connectivity index (χ2n) is 18.9. The summed E-state index contributed by atoms with van der Waals surface area (Å²) in [6.07, 6.45) is -0.342. The highest BCUT2D eigenvalue weighted by atomic mass is 35.5. The molecule has 16 heteroatoms. The van der Waals surface area contributed by atoms with Crippen molar-refractivity contribution in [2.24, 2.45) is 5.41 Å². The molecule has 70 heavy (non-hydrogen) atoms. The maximum atomic E-state index is 14.1. The van der Waals surface area contributed by atoms with Crippen molar-refractivity contribution in [1.29, 1.82) is 0 Å². The van der Waals surface area contributed by atoms with E-state index in [-0.39, 0.29) is 55.7 Å². The van der Waals surface area contributed by atoms with Crippen molar-refractivity contribution in [2.75, 3.05) is 51.8 Å². The number of piperazine rings is 1. The van der Waals surface area contributed by atoms with Crippen LogP contribution in [-0.4, -0.2) is 129 Å². The van der Waals surface area contributed by atoms with E-state index in [2.05, 4.69) is 20.5 Å². The first-order valence-corrected chi connectivity index (χ1v) is 25.2. The molecule has 5 aromatic rings. The van der Waals surface area contributed by atoms with Gasteiger partial charge in [0.2, 0.25) is 23.6 Å². The molecule has 5 N–H and O–H groups in total. The van der Waals surface area contributed by atoms with E-state index in [1.54, 1.807) is 40.5 Å². The number of aliphatic hydroxyl groups excluding tert-OH is 1. The van der Waals surface area contributed by atoms with Gasteiger partial charge in [-0.2, -0.15) is 0 Å². The van der Waals surface area contributed by atoms with Gasteiger partial charge in [0.15, 0.2) is 0 Å². The number of rotatable bonds is 18. The van der Waals surface area contributed by atoms with Gasteiger partial charge in [0, 0.05) is 71.0 Å². The third-order valence-electron chi connectivity index (χ3n) is 12.8. The fraction of sp³-hybridized carbons (Fsp3) is 0.389. The zero-order valence-corrected chi connectivity index (χ0v) is 41.8. The number of halogens is 1. The van der Waals surface area contributed by atoms with Gasteiger partial charge >= 0.3 is 0 Å². The molecule has 0 saturated carbocycles. The van der Waals surface area contributed by atoms with E-state index in [0.29, 0.717) is 57.4 Å². The molecular formula is C54H63ClN6O8S. The summed E-state index contributed by atoms with van der Waals surface area (Å²) >= 11 is 7.87. The summed E-state index contributed by atoms with van der Waals surface area (Å²) in [6, 6.07) is 27.9. The van der Waals surface area contributed by atoms with Crippen LogP contribution in [0.2, 0.25) is 0 Å². The number of phenols is 2. The van der Waals surface area contributed by atoms with Gasteiger partial charge in [-0.15, -0.1) is 22.9 Å². The van der Waals surface area contributed by atoms with Gasteiger partial charge in [0.05, 0.1) is 22.2 Å². The second kappa shape index (κ2) is 23.6. The van der Waals surface area contributed by atoms with Crippen molar-refractivity contribution in [2.45, 2.75) is 78.1 Å². The number of aromatic hydroxyl groups is 2. The number of nitrogens with zero attached hydrogens (tertiary/aromatic N) is 4. The van der Waals surface area contributed by atoms with Gasteiger partial charge in [0.25, 0.3) is 0 Å². The van der Waals surface area contributed by atoms with Crippen LogP contribution in [-0.2, 0) is 25.7 Å². The van der Waals surface area contributed by atoms with Gasteiger partial charge in [-0.05, 0) is 94.1 Å². The first kappa shape index (κ1) is 51.6. The van der Waals surface area contributed by atoms with Crippen molar-refractivity contribution in [3.63, 3.8) is 0 Å². The van der Waals surface area contributed by atoms with Crippen LogP contribution in [0.15, 0.2) is 103 Å². The van der Waals surface area contributed by atoms with Crippen LogP contribution in [0.25, 0.3) is 21.6 Å². The van der Waals surface area contributed by atoms with E-state index in [9.17, 15) is 34.5 Å². The van der Waals surface area contributed by atoms with Crippen LogP contribution in [0.3, 0.4) is 0 Å². The number of aromatic nitrogens is 1. The van der Waals surface area contributed by atoms with Crippen LogP contribution in [0, 0.1) is 12.3 Å². The van der Waals surface area contributed by atoms with E-state index in [0.717, 1.165) is 49.5 Å². The Morgan fingerprint density at radius 2 is 1.44 bits per heavy atom. The zero-order valence-electron chi connectivity index (χ0n) is 40.2. The van der Waals surface area contributed by atoms with Crippen molar-refractivity contribution in [3.8, 4) is 27.7 Å². The lowest BCUT2D eigenvalue weighted by atomic mass is 9.85. The molecule has 3 atom stereocenters. The number of hydrogen-bond acceptors (Lipinski definition) is 11. The molecule has 2 saturated heterocycles. The van der Waals surface area contributed by atoms with E-state index in [1.165, 1.54) is 4.90 Å². The number of carbonyl (C=O) groups is 4. The highest BCUT2D eigenvalue weighted by Crippen LogP contribution is 2.37. The summed E-state index contributed by atoms with van der Waals surface area (Å²) in [5, 5.41) is 36.4. The summed E-state index contributed by atoms with van der Waals surface area (Å²) < 4.78 is 6.16. The number of aliphatic hydroxyl groups is 1. The quantitative estimate of drug-likeness (QED) is 0.0444. The summed E-state index contributed by atoms with van der Waals surface area (Å²) in [5.74, 6) is 0.0234. The molecule has 4 aromatic carbocycles. The molecule has 7 rings (SSSR count). The number of amides is 4. The summed E-state index contributed by atoms with van der Waals surface area (Å²) in [5.41, 5.74) is 8.72. The Hall–Kier alpha value is -6.26. The van der Waals surface area contributed by atoms with E-state index in [4.69, 9.17) is 16.3 Å². The van der Waals surface area contributed by atoms with Gasteiger partial charge in [-0.1, -0.05) is 81.4 Å². The Kier molecular flexibility index (Phi) is 17.4. The number of allylic oxidation sites excluding steroid dienone is 1. The zero-order chi connectivity index (χ0) is 50.0. The van der Waals surface area contributed by atoms with E-state index in [1.807, 2.05) is 106 Å². The largest absolute Gasteiger partial charge is 0.508 e. The minimum Gasteiger partial charge on any atom is -0.508 e. The Morgan fingerprint density at radius 3 is 2.03 bits per heavy atom. The molecule has 0 spiro atoms. The number of aryl methyl sites for hydroxylation is 1. The maximum absolute atomic E-state index is 14.1. The lowest BCUT2D eigenvalue weighted by Gasteiger charge is -2.36. The molecule has 0 unspecified atom stereocenters. The van der Waals surface area contributed by atoms with Crippen LogP contribution >= 0.6 is 22.9 Å². The van der Waals surface area contributed by atoms with Gasteiger partial charge in [0.1, 0.15) is 35.9 Å². The third-order valence-corrected chi connectivity index (χ3v) is 14.0. The molecule has 0 radical (unpaired) electrons. The van der Waals surface area contributed by atoms with Crippen molar-refractivity contribution < 1.29 is 39.2 Å².